The molecule has 110 valence electrons. The molecule has 0 atom stereocenters. The van der Waals surface area contributed by atoms with E-state index in [1.165, 1.54) is 29.7 Å². The van der Waals surface area contributed by atoms with E-state index in [-0.39, 0.29) is 5.88 Å². The van der Waals surface area contributed by atoms with Gasteiger partial charge in [-0.3, -0.25) is 15.5 Å². The van der Waals surface area contributed by atoms with Crippen LogP contribution in [-0.2, 0) is 0 Å². The van der Waals surface area contributed by atoms with Crippen LogP contribution in [0.15, 0.2) is 52.0 Å². The normalized spacial score (nSPS) is 11.6. The van der Waals surface area contributed by atoms with Gasteiger partial charge < -0.3 is 4.42 Å². The summed E-state index contributed by atoms with van der Waals surface area (Å²) < 4.78 is 6.05. The van der Waals surface area contributed by atoms with Crippen molar-refractivity contribution in [3.8, 4) is 0 Å². The largest absolute Gasteiger partial charge is 0.433 e. The quantitative estimate of drug-likeness (QED) is 0.438. The van der Waals surface area contributed by atoms with Gasteiger partial charge in [0.15, 0.2) is 0 Å². The van der Waals surface area contributed by atoms with Crippen molar-refractivity contribution in [2.75, 3.05) is 5.43 Å². The van der Waals surface area contributed by atoms with Crippen molar-refractivity contribution >= 4 is 44.9 Å². The summed E-state index contributed by atoms with van der Waals surface area (Å²) in [7, 11) is 0. The zero-order valence-corrected chi connectivity index (χ0v) is 12.0. The van der Waals surface area contributed by atoms with Gasteiger partial charge in [-0.1, -0.05) is 23.5 Å². The molecule has 0 bridgehead atoms. The molecule has 8 heteroatoms. The van der Waals surface area contributed by atoms with E-state index in [2.05, 4.69) is 15.5 Å². The molecule has 0 saturated carbocycles. The summed E-state index contributed by atoms with van der Waals surface area (Å²) in [6, 6.07) is 10.6. The molecule has 1 N–H and O–H groups in total. The number of nitrogens with one attached hydrogen (secondary N) is 1. The third kappa shape index (κ3) is 3.18. The van der Waals surface area contributed by atoms with E-state index in [1.807, 2.05) is 24.3 Å². The Bertz CT molecular complexity index is 833. The maximum absolute atomic E-state index is 10.5. The number of allylic oxidation sites excluding steroid dienone is 1. The molecule has 2 aromatic heterocycles. The maximum atomic E-state index is 10.5. The lowest BCUT2D eigenvalue weighted by atomic mass is 10.3. The number of hydrazone groups is 1. The zero-order valence-electron chi connectivity index (χ0n) is 11.2. The first kappa shape index (κ1) is 14.0. The van der Waals surface area contributed by atoms with Crippen molar-refractivity contribution in [3.63, 3.8) is 0 Å². The second-order valence-electron chi connectivity index (χ2n) is 4.17. The molecule has 7 nitrogen and oxygen atoms in total. The number of rotatable bonds is 5. The molecule has 0 aliphatic carbocycles. The van der Waals surface area contributed by atoms with Crippen LogP contribution in [0.2, 0.25) is 0 Å². The second kappa shape index (κ2) is 6.19. The summed E-state index contributed by atoms with van der Waals surface area (Å²) in [5, 5.41) is 15.2. The van der Waals surface area contributed by atoms with Gasteiger partial charge in [0.1, 0.15) is 10.7 Å². The van der Waals surface area contributed by atoms with Crippen LogP contribution in [0.4, 0.5) is 11.0 Å². The van der Waals surface area contributed by atoms with Gasteiger partial charge in [0.05, 0.1) is 16.3 Å². The van der Waals surface area contributed by atoms with Crippen molar-refractivity contribution in [2.45, 2.75) is 0 Å². The van der Waals surface area contributed by atoms with Crippen LogP contribution in [0.25, 0.3) is 16.3 Å². The highest BCUT2D eigenvalue weighted by atomic mass is 32.1. The number of nitro groups is 1. The van der Waals surface area contributed by atoms with E-state index in [1.54, 1.807) is 12.2 Å². The predicted octanol–water partition coefficient (Wildman–Crippen LogP) is 3.91. The molecule has 0 fully saturated rings. The number of anilines is 1. The minimum Gasteiger partial charge on any atom is -0.401 e. The van der Waals surface area contributed by atoms with Gasteiger partial charge in [-0.05, 0) is 30.4 Å². The Balaban J connectivity index is 1.59. The van der Waals surface area contributed by atoms with Crippen LogP contribution in [-0.4, -0.2) is 16.1 Å². The summed E-state index contributed by atoms with van der Waals surface area (Å²) in [6.07, 6.45) is 4.71. The molecule has 3 aromatic rings. The van der Waals surface area contributed by atoms with Gasteiger partial charge in [-0.15, -0.1) is 0 Å². The second-order valence-corrected chi connectivity index (χ2v) is 5.20. The Kier molecular flexibility index (Phi) is 3.92. The summed E-state index contributed by atoms with van der Waals surface area (Å²) in [6.45, 7) is 0. The van der Waals surface area contributed by atoms with Crippen LogP contribution in [0.3, 0.4) is 0 Å². The first-order valence-electron chi connectivity index (χ1n) is 6.28. The van der Waals surface area contributed by atoms with E-state index >= 15 is 0 Å². The lowest BCUT2D eigenvalue weighted by molar-refractivity contribution is -0.402. The smallest absolute Gasteiger partial charge is 0.401 e. The molecule has 0 aliphatic rings. The maximum Gasteiger partial charge on any atom is 0.433 e. The fourth-order valence-electron chi connectivity index (χ4n) is 1.72. The lowest BCUT2D eigenvalue weighted by Gasteiger charge is -1.89. The zero-order chi connectivity index (χ0) is 15.4. The number of thiazole rings is 1. The van der Waals surface area contributed by atoms with Gasteiger partial charge in [0.25, 0.3) is 0 Å². The minimum atomic E-state index is -0.583. The third-order valence-corrected chi connectivity index (χ3v) is 3.61. The van der Waals surface area contributed by atoms with Gasteiger partial charge in [0.2, 0.25) is 5.13 Å². The van der Waals surface area contributed by atoms with E-state index in [9.17, 15) is 10.1 Å². The Morgan fingerprint density at radius 2 is 2.18 bits per heavy atom. The third-order valence-electron chi connectivity index (χ3n) is 2.67. The minimum absolute atomic E-state index is 0.288. The average molecular weight is 314 g/mol. The number of nitrogens with zero attached hydrogens (tertiary/aromatic N) is 3. The average Bonchev–Trinajstić information content (AvgIpc) is 3.12. The molecular formula is C14H10N4O3S. The highest BCUT2D eigenvalue weighted by Gasteiger charge is 2.09. The van der Waals surface area contributed by atoms with Crippen LogP contribution in [0, 0.1) is 10.1 Å². The van der Waals surface area contributed by atoms with Gasteiger partial charge in [-0.2, -0.15) is 5.10 Å². The van der Waals surface area contributed by atoms with Crippen molar-refractivity contribution in [2.24, 2.45) is 5.10 Å². The van der Waals surface area contributed by atoms with E-state index in [4.69, 9.17) is 4.42 Å². The number of hydrogen-bond acceptors (Lipinski definition) is 7. The Morgan fingerprint density at radius 3 is 2.95 bits per heavy atom. The molecule has 0 radical (unpaired) electrons. The molecule has 0 unspecified atom stereocenters. The first-order chi connectivity index (χ1) is 10.7. The molecular weight excluding hydrogens is 304 g/mol. The Labute approximate surface area is 128 Å². The van der Waals surface area contributed by atoms with Crippen LogP contribution < -0.4 is 5.43 Å². The highest BCUT2D eigenvalue weighted by molar-refractivity contribution is 7.22. The SMILES string of the molecule is O=[N+]([O-])c1ccc(/C=C/C=N\Nc2nc3ccccc3s2)o1. The molecule has 3 rings (SSSR count). The fraction of sp³-hybridized carbons (Fsp3) is 0. The first-order valence-corrected chi connectivity index (χ1v) is 7.09. The Morgan fingerprint density at radius 1 is 1.32 bits per heavy atom. The van der Waals surface area contributed by atoms with Gasteiger partial charge >= 0.3 is 5.88 Å². The lowest BCUT2D eigenvalue weighted by Crippen LogP contribution is -1.86. The van der Waals surface area contributed by atoms with Crippen molar-refractivity contribution in [1.82, 2.24) is 4.98 Å². The summed E-state index contributed by atoms with van der Waals surface area (Å²) in [5.41, 5.74) is 3.75. The molecule has 22 heavy (non-hydrogen) atoms. The molecule has 0 saturated heterocycles. The molecule has 2 heterocycles. The monoisotopic (exact) mass is 314 g/mol. The Hall–Kier alpha value is -3.00. The predicted molar refractivity (Wildman–Crippen MR) is 86.1 cm³/mol. The van der Waals surface area contributed by atoms with Crippen LogP contribution in [0.1, 0.15) is 5.76 Å². The molecule has 0 aliphatic heterocycles. The van der Waals surface area contributed by atoms with E-state index in [0.29, 0.717) is 10.9 Å². The van der Waals surface area contributed by atoms with E-state index < -0.39 is 4.92 Å². The van der Waals surface area contributed by atoms with Crippen LogP contribution >= 0.6 is 11.3 Å². The van der Waals surface area contributed by atoms with Gasteiger partial charge in [0, 0.05) is 6.21 Å². The van der Waals surface area contributed by atoms with Crippen molar-refractivity contribution < 1.29 is 9.34 Å². The standard InChI is InChI=1S/C14H10N4O3S/c19-18(20)13-8-7-10(21-13)4-3-9-15-17-14-16-11-5-1-2-6-12(11)22-14/h1-9H,(H,16,17)/b4-3+,15-9-. The number of fused-ring (bicyclic) bond motifs is 1. The topological polar surface area (TPSA) is 93.6 Å². The fourth-order valence-corrected chi connectivity index (χ4v) is 2.54. The molecule has 0 spiro atoms. The number of aromatic nitrogens is 1. The number of furan rings is 1. The van der Waals surface area contributed by atoms with Crippen molar-refractivity contribution in [1.29, 1.82) is 0 Å². The molecule has 0 amide bonds. The van der Waals surface area contributed by atoms with Gasteiger partial charge in [-0.25, -0.2) is 4.98 Å². The van der Waals surface area contributed by atoms with E-state index in [0.717, 1.165) is 10.2 Å². The van der Waals surface area contributed by atoms with Crippen LogP contribution in [0.5, 0.6) is 0 Å². The number of benzene rings is 1. The summed E-state index contributed by atoms with van der Waals surface area (Å²) in [5.74, 6) is 0.0994. The molecule has 1 aromatic carbocycles. The highest BCUT2D eigenvalue weighted by Crippen LogP contribution is 2.25. The van der Waals surface area contributed by atoms with Crippen molar-refractivity contribution in [3.05, 3.63) is 58.3 Å². The summed E-state index contributed by atoms with van der Waals surface area (Å²) >= 11 is 1.50. The number of para-hydroxylation sites is 1. The number of hydrogen-bond donors (Lipinski definition) is 1. The summed E-state index contributed by atoms with van der Waals surface area (Å²) in [4.78, 5) is 14.3.